The summed E-state index contributed by atoms with van der Waals surface area (Å²) in [5.74, 6) is -0.310. The summed E-state index contributed by atoms with van der Waals surface area (Å²) in [5.41, 5.74) is 0. The van der Waals surface area contributed by atoms with Gasteiger partial charge in [-0.05, 0) is 43.1 Å². The summed E-state index contributed by atoms with van der Waals surface area (Å²) in [7, 11) is 0. The Balaban J connectivity index is 1.59. The molecule has 0 N–H and O–H groups in total. The van der Waals surface area contributed by atoms with E-state index in [1.807, 2.05) is 0 Å². The van der Waals surface area contributed by atoms with Gasteiger partial charge in [0.2, 0.25) is 0 Å². The maximum Gasteiger partial charge on any atom is 0.250 e. The van der Waals surface area contributed by atoms with Gasteiger partial charge in [0.1, 0.15) is 6.10 Å². The SMILES string of the molecule is Fc1cccnc1OC1CCCN(Cc2cnns2)C1. The van der Waals surface area contributed by atoms with Crippen LogP contribution in [0.2, 0.25) is 0 Å². The van der Waals surface area contributed by atoms with E-state index in [-0.39, 0.29) is 12.0 Å². The maximum atomic E-state index is 13.5. The van der Waals surface area contributed by atoms with Crippen molar-refractivity contribution in [3.63, 3.8) is 0 Å². The molecule has 3 heterocycles. The second-order valence-electron chi connectivity index (χ2n) is 4.79. The molecular weight excluding hydrogens is 279 g/mol. The van der Waals surface area contributed by atoms with Crippen molar-refractivity contribution >= 4 is 11.5 Å². The molecule has 0 aliphatic carbocycles. The van der Waals surface area contributed by atoms with Crippen molar-refractivity contribution in [1.29, 1.82) is 0 Å². The van der Waals surface area contributed by atoms with E-state index in [2.05, 4.69) is 19.5 Å². The third kappa shape index (κ3) is 3.29. The van der Waals surface area contributed by atoms with Crippen LogP contribution in [0.4, 0.5) is 4.39 Å². The number of piperidine rings is 1. The minimum atomic E-state index is -0.406. The van der Waals surface area contributed by atoms with Crippen molar-refractivity contribution in [2.45, 2.75) is 25.5 Å². The highest BCUT2D eigenvalue weighted by Crippen LogP contribution is 2.20. The Kier molecular flexibility index (Phi) is 4.17. The molecule has 0 saturated carbocycles. The molecule has 2 aromatic rings. The summed E-state index contributed by atoms with van der Waals surface area (Å²) in [4.78, 5) is 7.36. The van der Waals surface area contributed by atoms with Crippen molar-refractivity contribution in [3.8, 4) is 5.88 Å². The lowest BCUT2D eigenvalue weighted by molar-refractivity contribution is 0.0780. The summed E-state index contributed by atoms with van der Waals surface area (Å²) in [5, 5.41) is 3.84. The van der Waals surface area contributed by atoms with Crippen molar-refractivity contribution in [2.24, 2.45) is 0 Å². The van der Waals surface area contributed by atoms with E-state index in [9.17, 15) is 4.39 Å². The van der Waals surface area contributed by atoms with Gasteiger partial charge < -0.3 is 4.74 Å². The molecule has 0 bridgehead atoms. The molecular formula is C13H15FN4OS. The number of ether oxygens (including phenoxy) is 1. The number of hydrogen-bond donors (Lipinski definition) is 0. The molecule has 106 valence electrons. The molecule has 5 nitrogen and oxygen atoms in total. The van der Waals surface area contributed by atoms with E-state index in [0.29, 0.717) is 0 Å². The molecule has 0 spiro atoms. The van der Waals surface area contributed by atoms with E-state index < -0.39 is 5.82 Å². The molecule has 20 heavy (non-hydrogen) atoms. The normalized spacial score (nSPS) is 19.9. The zero-order chi connectivity index (χ0) is 13.8. The van der Waals surface area contributed by atoms with Crippen LogP contribution in [0.1, 0.15) is 17.7 Å². The summed E-state index contributed by atoms with van der Waals surface area (Å²) >= 11 is 1.41. The zero-order valence-electron chi connectivity index (χ0n) is 10.9. The Morgan fingerprint density at radius 2 is 2.45 bits per heavy atom. The average Bonchev–Trinajstić information content (AvgIpc) is 2.95. The topological polar surface area (TPSA) is 51.1 Å². The number of likely N-dealkylation sites (tertiary alicyclic amines) is 1. The molecule has 3 rings (SSSR count). The Labute approximate surface area is 120 Å². The molecule has 0 amide bonds. The van der Waals surface area contributed by atoms with E-state index in [0.717, 1.165) is 37.4 Å². The highest BCUT2D eigenvalue weighted by molar-refractivity contribution is 7.05. The molecule has 1 fully saturated rings. The van der Waals surface area contributed by atoms with Gasteiger partial charge in [-0.25, -0.2) is 9.37 Å². The van der Waals surface area contributed by atoms with Gasteiger partial charge in [0.05, 0.1) is 11.1 Å². The largest absolute Gasteiger partial charge is 0.471 e. The summed E-state index contributed by atoms with van der Waals surface area (Å²) in [6.45, 7) is 2.61. The summed E-state index contributed by atoms with van der Waals surface area (Å²) in [6, 6.07) is 2.93. The number of nitrogens with zero attached hydrogens (tertiary/aromatic N) is 4. The molecule has 7 heteroatoms. The number of rotatable bonds is 4. The Bertz CT molecular complexity index is 551. The smallest absolute Gasteiger partial charge is 0.250 e. The van der Waals surface area contributed by atoms with E-state index in [4.69, 9.17) is 4.74 Å². The van der Waals surface area contributed by atoms with E-state index >= 15 is 0 Å². The van der Waals surface area contributed by atoms with Crippen LogP contribution in [0.5, 0.6) is 5.88 Å². The first-order chi connectivity index (χ1) is 9.81. The van der Waals surface area contributed by atoms with Crippen LogP contribution < -0.4 is 4.74 Å². The summed E-state index contributed by atoms with van der Waals surface area (Å²) in [6.07, 6.45) is 5.27. The predicted octanol–water partition coefficient (Wildman–Crippen LogP) is 2.12. The number of pyridine rings is 1. The van der Waals surface area contributed by atoms with Crippen molar-refractivity contribution in [1.82, 2.24) is 19.5 Å². The molecule has 2 aromatic heterocycles. The quantitative estimate of drug-likeness (QED) is 0.864. The highest BCUT2D eigenvalue weighted by atomic mass is 32.1. The molecule has 1 atom stereocenters. The second-order valence-corrected chi connectivity index (χ2v) is 5.66. The van der Waals surface area contributed by atoms with Crippen LogP contribution >= 0.6 is 11.5 Å². The molecule has 1 aliphatic heterocycles. The van der Waals surface area contributed by atoms with Crippen LogP contribution in [-0.4, -0.2) is 38.7 Å². The predicted molar refractivity (Wildman–Crippen MR) is 73.0 cm³/mol. The lowest BCUT2D eigenvalue weighted by Gasteiger charge is -2.32. The molecule has 1 unspecified atom stereocenters. The first kappa shape index (κ1) is 13.4. The van der Waals surface area contributed by atoms with Gasteiger partial charge in [-0.15, -0.1) is 5.10 Å². The fraction of sp³-hybridized carbons (Fsp3) is 0.462. The van der Waals surface area contributed by atoms with Crippen molar-refractivity contribution < 1.29 is 9.13 Å². The molecule has 0 radical (unpaired) electrons. The Morgan fingerprint density at radius 1 is 1.50 bits per heavy atom. The summed E-state index contributed by atoms with van der Waals surface area (Å²) < 4.78 is 23.1. The van der Waals surface area contributed by atoms with Crippen molar-refractivity contribution in [3.05, 3.63) is 35.2 Å². The van der Waals surface area contributed by atoms with E-state index in [1.54, 1.807) is 18.5 Å². The van der Waals surface area contributed by atoms with Gasteiger partial charge in [-0.3, -0.25) is 4.90 Å². The standard InChI is InChI=1S/C13H15FN4OS/c14-12-4-1-5-15-13(12)19-10-3-2-6-18(8-10)9-11-7-16-17-20-11/h1,4-5,7,10H,2-3,6,8-9H2. The Hall–Kier alpha value is -1.60. The third-order valence-electron chi connectivity index (χ3n) is 3.25. The lowest BCUT2D eigenvalue weighted by atomic mass is 10.1. The Morgan fingerprint density at radius 3 is 3.25 bits per heavy atom. The number of hydrogen-bond acceptors (Lipinski definition) is 6. The van der Waals surface area contributed by atoms with Crippen molar-refractivity contribution in [2.75, 3.05) is 13.1 Å². The molecule has 1 aliphatic rings. The fourth-order valence-corrected chi connectivity index (χ4v) is 2.88. The van der Waals surface area contributed by atoms with Gasteiger partial charge in [0, 0.05) is 19.3 Å². The first-order valence-corrected chi connectivity index (χ1v) is 7.34. The minimum Gasteiger partial charge on any atom is -0.471 e. The molecule has 1 saturated heterocycles. The van der Waals surface area contributed by atoms with Crippen LogP contribution in [0, 0.1) is 5.82 Å². The number of aromatic nitrogens is 3. The average molecular weight is 294 g/mol. The van der Waals surface area contributed by atoms with Crippen LogP contribution in [-0.2, 0) is 6.54 Å². The minimum absolute atomic E-state index is 0.0194. The van der Waals surface area contributed by atoms with Gasteiger partial charge in [0.15, 0.2) is 5.82 Å². The fourth-order valence-electron chi connectivity index (χ4n) is 2.35. The van der Waals surface area contributed by atoms with Crippen LogP contribution in [0.25, 0.3) is 0 Å². The van der Waals surface area contributed by atoms with Gasteiger partial charge >= 0.3 is 0 Å². The van der Waals surface area contributed by atoms with Crippen LogP contribution in [0.15, 0.2) is 24.5 Å². The second kappa shape index (κ2) is 6.23. The highest BCUT2D eigenvalue weighted by Gasteiger charge is 2.23. The zero-order valence-corrected chi connectivity index (χ0v) is 11.7. The maximum absolute atomic E-state index is 13.5. The van der Waals surface area contributed by atoms with Gasteiger partial charge in [0.25, 0.3) is 5.88 Å². The van der Waals surface area contributed by atoms with Gasteiger partial charge in [-0.2, -0.15) is 0 Å². The first-order valence-electron chi connectivity index (χ1n) is 6.57. The van der Waals surface area contributed by atoms with E-state index in [1.165, 1.54) is 17.6 Å². The molecule has 0 aromatic carbocycles. The van der Waals surface area contributed by atoms with Crippen LogP contribution in [0.3, 0.4) is 0 Å². The monoisotopic (exact) mass is 294 g/mol. The van der Waals surface area contributed by atoms with Gasteiger partial charge in [-0.1, -0.05) is 4.49 Å². The lowest BCUT2D eigenvalue weighted by Crippen LogP contribution is -2.40. The number of halogens is 1. The third-order valence-corrected chi connectivity index (χ3v) is 3.90.